The molecular formula is C15H17FN2O2S. The van der Waals surface area contributed by atoms with Crippen molar-refractivity contribution in [2.45, 2.75) is 24.3 Å². The molecule has 6 heteroatoms. The topological polar surface area (TPSA) is 72.2 Å². The van der Waals surface area contributed by atoms with Gasteiger partial charge in [-0.25, -0.2) is 17.5 Å². The molecule has 1 atom stereocenters. The molecule has 1 unspecified atom stereocenters. The van der Waals surface area contributed by atoms with Crippen molar-refractivity contribution >= 4 is 15.7 Å². The first-order chi connectivity index (χ1) is 9.92. The van der Waals surface area contributed by atoms with E-state index in [0.29, 0.717) is 6.42 Å². The predicted molar refractivity (Wildman–Crippen MR) is 80.6 cm³/mol. The number of anilines is 1. The maximum absolute atomic E-state index is 13.3. The number of nitrogens with one attached hydrogen (secondary N) is 1. The third-order valence-corrected chi connectivity index (χ3v) is 4.56. The summed E-state index contributed by atoms with van der Waals surface area (Å²) in [5.41, 5.74) is 6.43. The quantitative estimate of drug-likeness (QED) is 0.834. The summed E-state index contributed by atoms with van der Waals surface area (Å²) in [7, 11) is -3.83. The first kappa shape index (κ1) is 15.5. The molecular weight excluding hydrogens is 291 g/mol. The second kappa shape index (κ2) is 6.24. The Bertz CT molecular complexity index is 697. The molecule has 0 bridgehead atoms. The Morgan fingerprint density at radius 1 is 1.19 bits per heavy atom. The minimum Gasteiger partial charge on any atom is -0.399 e. The first-order valence-corrected chi connectivity index (χ1v) is 8.04. The zero-order chi connectivity index (χ0) is 15.5. The second-order valence-corrected chi connectivity index (χ2v) is 6.43. The van der Waals surface area contributed by atoms with E-state index in [9.17, 15) is 12.8 Å². The van der Waals surface area contributed by atoms with Gasteiger partial charge in [-0.3, -0.25) is 0 Å². The minimum atomic E-state index is -3.83. The summed E-state index contributed by atoms with van der Waals surface area (Å²) in [5, 5.41) is 0. The normalized spacial score (nSPS) is 13.0. The molecule has 0 aromatic heterocycles. The molecule has 0 spiro atoms. The van der Waals surface area contributed by atoms with Crippen LogP contribution in [0, 0.1) is 5.82 Å². The van der Waals surface area contributed by atoms with Crippen LogP contribution in [0.15, 0.2) is 53.4 Å². The second-order valence-electron chi connectivity index (χ2n) is 4.71. The van der Waals surface area contributed by atoms with Gasteiger partial charge in [0.25, 0.3) is 0 Å². The van der Waals surface area contributed by atoms with E-state index >= 15 is 0 Å². The van der Waals surface area contributed by atoms with Crippen LogP contribution in [0.2, 0.25) is 0 Å². The third kappa shape index (κ3) is 3.80. The highest BCUT2D eigenvalue weighted by Gasteiger charge is 2.21. The smallest absolute Gasteiger partial charge is 0.241 e. The Morgan fingerprint density at radius 2 is 1.86 bits per heavy atom. The Labute approximate surface area is 123 Å². The number of sulfonamides is 1. The molecule has 2 rings (SSSR count). The summed E-state index contributed by atoms with van der Waals surface area (Å²) in [6, 6.07) is 12.1. The van der Waals surface area contributed by atoms with Crippen LogP contribution < -0.4 is 10.5 Å². The van der Waals surface area contributed by atoms with Crippen molar-refractivity contribution in [1.29, 1.82) is 0 Å². The van der Waals surface area contributed by atoms with E-state index in [4.69, 9.17) is 5.73 Å². The molecule has 0 fully saturated rings. The van der Waals surface area contributed by atoms with Gasteiger partial charge in [0.1, 0.15) is 5.82 Å². The summed E-state index contributed by atoms with van der Waals surface area (Å²) < 4.78 is 40.6. The zero-order valence-corrected chi connectivity index (χ0v) is 12.4. The van der Waals surface area contributed by atoms with Crippen molar-refractivity contribution in [1.82, 2.24) is 4.72 Å². The fraction of sp³-hybridized carbons (Fsp3) is 0.200. The maximum Gasteiger partial charge on any atom is 0.241 e. The van der Waals surface area contributed by atoms with E-state index < -0.39 is 15.8 Å². The van der Waals surface area contributed by atoms with E-state index in [1.807, 2.05) is 37.3 Å². The SMILES string of the molecule is CCC(NS(=O)(=O)c1cc(N)cc(F)c1)c1ccccc1. The Balaban J connectivity index is 2.31. The van der Waals surface area contributed by atoms with E-state index in [1.54, 1.807) is 0 Å². The lowest BCUT2D eigenvalue weighted by Crippen LogP contribution is -2.28. The van der Waals surface area contributed by atoms with E-state index in [-0.39, 0.29) is 16.6 Å². The van der Waals surface area contributed by atoms with Gasteiger partial charge in [-0.2, -0.15) is 0 Å². The molecule has 0 radical (unpaired) electrons. The largest absolute Gasteiger partial charge is 0.399 e. The molecule has 2 aromatic carbocycles. The average Bonchev–Trinajstić information content (AvgIpc) is 2.45. The van der Waals surface area contributed by atoms with Gasteiger partial charge in [0.15, 0.2) is 0 Å². The van der Waals surface area contributed by atoms with Crippen LogP contribution in [0.25, 0.3) is 0 Å². The summed E-state index contributed by atoms with van der Waals surface area (Å²) in [6.07, 6.45) is 0.577. The van der Waals surface area contributed by atoms with Crippen LogP contribution >= 0.6 is 0 Å². The molecule has 0 amide bonds. The summed E-state index contributed by atoms with van der Waals surface area (Å²) in [4.78, 5) is -0.172. The standard InChI is InChI=1S/C15H17FN2O2S/c1-2-15(11-6-4-3-5-7-11)18-21(19,20)14-9-12(16)8-13(17)10-14/h3-10,15,18H,2,17H2,1H3. The molecule has 0 aliphatic heterocycles. The Morgan fingerprint density at radius 3 is 2.43 bits per heavy atom. The minimum absolute atomic E-state index is 0.0723. The fourth-order valence-electron chi connectivity index (χ4n) is 2.07. The van der Waals surface area contributed by atoms with Crippen LogP contribution in [0.4, 0.5) is 10.1 Å². The van der Waals surface area contributed by atoms with Crippen LogP contribution in [0.3, 0.4) is 0 Å². The summed E-state index contributed by atoms with van der Waals surface area (Å²) >= 11 is 0. The first-order valence-electron chi connectivity index (χ1n) is 6.55. The molecule has 2 aromatic rings. The van der Waals surface area contributed by atoms with Crippen molar-refractivity contribution in [2.75, 3.05) is 5.73 Å². The highest BCUT2D eigenvalue weighted by atomic mass is 32.2. The van der Waals surface area contributed by atoms with Gasteiger partial charge in [-0.1, -0.05) is 37.3 Å². The molecule has 0 saturated carbocycles. The molecule has 21 heavy (non-hydrogen) atoms. The Kier molecular flexibility index (Phi) is 4.59. The van der Waals surface area contributed by atoms with Crippen LogP contribution in [0.5, 0.6) is 0 Å². The van der Waals surface area contributed by atoms with Crippen molar-refractivity contribution < 1.29 is 12.8 Å². The zero-order valence-electron chi connectivity index (χ0n) is 11.6. The van der Waals surface area contributed by atoms with Crippen molar-refractivity contribution in [3.05, 3.63) is 59.9 Å². The lowest BCUT2D eigenvalue weighted by molar-refractivity contribution is 0.548. The predicted octanol–water partition coefficient (Wildman–Crippen LogP) is 2.84. The van der Waals surface area contributed by atoms with E-state index in [0.717, 1.165) is 17.7 Å². The van der Waals surface area contributed by atoms with Crippen molar-refractivity contribution in [2.24, 2.45) is 0 Å². The van der Waals surface area contributed by atoms with Gasteiger partial charge in [0.2, 0.25) is 10.0 Å². The molecule has 0 aliphatic rings. The van der Waals surface area contributed by atoms with Crippen LogP contribution in [0.1, 0.15) is 24.9 Å². The average molecular weight is 308 g/mol. The molecule has 112 valence electrons. The molecule has 0 heterocycles. The fourth-order valence-corrected chi connectivity index (χ4v) is 3.44. The maximum atomic E-state index is 13.3. The number of halogens is 1. The molecule has 4 nitrogen and oxygen atoms in total. The molecule has 3 N–H and O–H groups in total. The van der Waals surface area contributed by atoms with Gasteiger partial charge in [-0.05, 0) is 30.2 Å². The highest BCUT2D eigenvalue weighted by molar-refractivity contribution is 7.89. The lowest BCUT2D eigenvalue weighted by atomic mass is 10.1. The third-order valence-electron chi connectivity index (χ3n) is 3.11. The van der Waals surface area contributed by atoms with Crippen molar-refractivity contribution in [3.63, 3.8) is 0 Å². The summed E-state index contributed by atoms with van der Waals surface area (Å²) in [6.45, 7) is 1.88. The van der Waals surface area contributed by atoms with Crippen molar-refractivity contribution in [3.8, 4) is 0 Å². The van der Waals surface area contributed by atoms with Crippen LogP contribution in [-0.2, 0) is 10.0 Å². The summed E-state index contributed by atoms with van der Waals surface area (Å²) in [5.74, 6) is -0.678. The highest BCUT2D eigenvalue weighted by Crippen LogP contribution is 2.21. The van der Waals surface area contributed by atoms with E-state index in [1.165, 1.54) is 6.07 Å². The Hall–Kier alpha value is -1.92. The van der Waals surface area contributed by atoms with Gasteiger partial charge in [-0.15, -0.1) is 0 Å². The number of rotatable bonds is 5. The number of benzene rings is 2. The van der Waals surface area contributed by atoms with Crippen LogP contribution in [-0.4, -0.2) is 8.42 Å². The number of nitrogen functional groups attached to an aromatic ring is 1. The number of nitrogens with two attached hydrogens (primary N) is 1. The molecule has 0 saturated heterocycles. The van der Waals surface area contributed by atoms with Gasteiger partial charge in [0, 0.05) is 11.7 Å². The number of hydrogen-bond donors (Lipinski definition) is 2. The van der Waals surface area contributed by atoms with E-state index in [2.05, 4.69) is 4.72 Å². The van der Waals surface area contributed by atoms with Gasteiger partial charge < -0.3 is 5.73 Å². The van der Waals surface area contributed by atoms with Gasteiger partial charge >= 0.3 is 0 Å². The molecule has 0 aliphatic carbocycles. The number of hydrogen-bond acceptors (Lipinski definition) is 3. The monoisotopic (exact) mass is 308 g/mol. The lowest BCUT2D eigenvalue weighted by Gasteiger charge is -2.17. The van der Waals surface area contributed by atoms with Gasteiger partial charge in [0.05, 0.1) is 4.90 Å².